The van der Waals surface area contributed by atoms with E-state index in [1.807, 2.05) is 12.1 Å². The molecule has 2 N–H and O–H groups in total. The monoisotopic (exact) mass is 450 g/mol. The normalized spacial score (nSPS) is 34.9. The van der Waals surface area contributed by atoms with Gasteiger partial charge in [0, 0.05) is 31.0 Å². The highest BCUT2D eigenvalue weighted by Crippen LogP contribution is 2.56. The van der Waals surface area contributed by atoms with Crippen LogP contribution in [0.4, 0.5) is 4.39 Å². The fraction of sp³-hybridized carbons (Fsp3) is 0.536. The molecule has 33 heavy (non-hydrogen) atoms. The van der Waals surface area contributed by atoms with Crippen molar-refractivity contribution < 1.29 is 13.9 Å². The van der Waals surface area contributed by atoms with E-state index in [0.29, 0.717) is 24.5 Å². The van der Waals surface area contributed by atoms with Gasteiger partial charge < -0.3 is 15.4 Å². The number of halogens is 1. The van der Waals surface area contributed by atoms with E-state index in [-0.39, 0.29) is 34.8 Å². The van der Waals surface area contributed by atoms with Crippen LogP contribution >= 0.6 is 0 Å². The van der Waals surface area contributed by atoms with Crippen molar-refractivity contribution in [1.82, 2.24) is 10.6 Å². The lowest BCUT2D eigenvalue weighted by Crippen LogP contribution is -2.73. The summed E-state index contributed by atoms with van der Waals surface area (Å²) in [6, 6.07) is 15.4. The van der Waals surface area contributed by atoms with Gasteiger partial charge in [-0.25, -0.2) is 4.39 Å². The van der Waals surface area contributed by atoms with Crippen LogP contribution in [-0.4, -0.2) is 29.6 Å². The summed E-state index contributed by atoms with van der Waals surface area (Å²) in [5.74, 6) is 0.952. The van der Waals surface area contributed by atoms with Gasteiger partial charge in [0.1, 0.15) is 5.82 Å². The Hall–Kier alpha value is -2.24. The molecule has 4 nitrogen and oxygen atoms in total. The molecule has 2 aromatic carbocycles. The van der Waals surface area contributed by atoms with Crippen LogP contribution < -0.4 is 10.6 Å². The topological polar surface area (TPSA) is 50.4 Å². The summed E-state index contributed by atoms with van der Waals surface area (Å²) in [6.07, 6.45) is 2.95. The van der Waals surface area contributed by atoms with Gasteiger partial charge in [0.2, 0.25) is 5.91 Å². The first-order chi connectivity index (χ1) is 15.7. The van der Waals surface area contributed by atoms with Crippen molar-refractivity contribution in [2.24, 2.45) is 17.8 Å². The minimum Gasteiger partial charge on any atom is -0.373 e. The summed E-state index contributed by atoms with van der Waals surface area (Å²) in [7, 11) is 0. The number of amides is 1. The van der Waals surface area contributed by atoms with Gasteiger partial charge >= 0.3 is 0 Å². The van der Waals surface area contributed by atoms with Crippen LogP contribution in [0.3, 0.4) is 0 Å². The molecule has 2 aliphatic heterocycles. The maximum absolute atomic E-state index is 13.3. The third-order valence-electron chi connectivity index (χ3n) is 8.63. The number of fused-ring (bicyclic) bond motifs is 4. The lowest BCUT2D eigenvalue weighted by molar-refractivity contribution is -0.160. The number of piperidine rings is 1. The number of hydrogen-bond acceptors (Lipinski definition) is 3. The Morgan fingerprint density at radius 1 is 1.03 bits per heavy atom. The molecule has 5 rings (SSSR count). The van der Waals surface area contributed by atoms with Crippen LogP contribution in [0.5, 0.6) is 0 Å². The average molecular weight is 451 g/mol. The number of carbonyl (C=O) groups is 1. The van der Waals surface area contributed by atoms with Gasteiger partial charge in [-0.05, 0) is 80.7 Å². The smallest absolute Gasteiger partial charge is 0.217 e. The Balaban J connectivity index is 1.50. The second kappa shape index (κ2) is 8.21. The summed E-state index contributed by atoms with van der Waals surface area (Å²) in [4.78, 5) is 12.4. The van der Waals surface area contributed by atoms with Gasteiger partial charge in [0.05, 0.1) is 11.6 Å². The molecule has 1 aliphatic carbocycles. The minimum absolute atomic E-state index is 0.0443. The lowest BCUT2D eigenvalue weighted by Gasteiger charge is -2.63. The number of carbonyl (C=O) groups excluding carboxylic acids is 1. The number of nitrogens with one attached hydrogen (secondary N) is 2. The van der Waals surface area contributed by atoms with Crippen LogP contribution in [0.2, 0.25) is 0 Å². The highest BCUT2D eigenvalue weighted by atomic mass is 19.1. The summed E-state index contributed by atoms with van der Waals surface area (Å²) >= 11 is 0. The van der Waals surface area contributed by atoms with Gasteiger partial charge in [0.15, 0.2) is 0 Å². The molecule has 2 heterocycles. The minimum atomic E-state index is -0.260. The molecule has 2 saturated heterocycles. The standard InChI is InChI=1S/C28H35FN2O2/c1-17-24-15-22(27(3,4)30-17)16-25-26(33-14-13-28(24,25)31-18(2)32)21-7-5-19(6-8-21)20-9-11-23(29)12-10-20/h5-12,17,22,24-26,30H,13-16H2,1-4H3,(H,31,32)/t17-,22?,24?,25+,26+,28+/m1/s1. The summed E-state index contributed by atoms with van der Waals surface area (Å²) in [5, 5.41) is 7.31. The Kier molecular flexibility index (Phi) is 5.61. The van der Waals surface area contributed by atoms with Gasteiger partial charge in [-0.2, -0.15) is 0 Å². The number of hydrogen-bond donors (Lipinski definition) is 2. The van der Waals surface area contributed by atoms with E-state index in [0.717, 1.165) is 36.0 Å². The molecule has 2 unspecified atom stereocenters. The van der Waals surface area contributed by atoms with E-state index < -0.39 is 0 Å². The van der Waals surface area contributed by atoms with Crippen LogP contribution in [0.15, 0.2) is 48.5 Å². The first-order valence-electron chi connectivity index (χ1n) is 12.2. The SMILES string of the molecule is CC(=O)N[C@]12CCO[C@@H](c3ccc(-c4ccc(F)cc4)cc3)[C@@H]1CC1CC2[C@@H](C)NC1(C)C. The van der Waals surface area contributed by atoms with Crippen LogP contribution in [0.25, 0.3) is 11.1 Å². The van der Waals surface area contributed by atoms with Crippen molar-refractivity contribution in [3.05, 3.63) is 59.9 Å². The van der Waals surface area contributed by atoms with E-state index in [1.165, 1.54) is 12.1 Å². The van der Waals surface area contributed by atoms with Crippen LogP contribution in [0.1, 0.15) is 58.6 Å². The molecule has 3 fully saturated rings. The molecule has 0 radical (unpaired) electrons. The van der Waals surface area contributed by atoms with Crippen molar-refractivity contribution in [3.63, 3.8) is 0 Å². The second-order valence-electron chi connectivity index (χ2n) is 10.9. The lowest BCUT2D eigenvalue weighted by atomic mass is 9.52. The molecule has 0 aromatic heterocycles. The zero-order valence-electron chi connectivity index (χ0n) is 20.0. The van der Waals surface area contributed by atoms with Gasteiger partial charge in [-0.15, -0.1) is 0 Å². The van der Waals surface area contributed by atoms with E-state index in [1.54, 1.807) is 6.92 Å². The molecular formula is C28H35FN2O2. The molecule has 2 aromatic rings. The maximum atomic E-state index is 13.3. The molecule has 1 amide bonds. The third-order valence-corrected chi connectivity index (χ3v) is 8.63. The summed E-state index contributed by atoms with van der Waals surface area (Å²) < 4.78 is 19.8. The van der Waals surface area contributed by atoms with Gasteiger partial charge in [-0.3, -0.25) is 4.79 Å². The van der Waals surface area contributed by atoms with Crippen molar-refractivity contribution in [3.8, 4) is 11.1 Å². The fourth-order valence-corrected chi connectivity index (χ4v) is 7.10. The van der Waals surface area contributed by atoms with Gasteiger partial charge in [-0.1, -0.05) is 36.4 Å². The molecule has 5 heteroatoms. The van der Waals surface area contributed by atoms with E-state index >= 15 is 0 Å². The zero-order valence-corrected chi connectivity index (χ0v) is 20.0. The maximum Gasteiger partial charge on any atom is 0.217 e. The second-order valence-corrected chi connectivity index (χ2v) is 10.9. The molecule has 176 valence electrons. The van der Waals surface area contributed by atoms with E-state index in [4.69, 9.17) is 4.74 Å². The predicted molar refractivity (Wildman–Crippen MR) is 128 cm³/mol. The molecule has 2 bridgehead atoms. The molecular weight excluding hydrogens is 415 g/mol. The average Bonchev–Trinajstić information content (AvgIpc) is 2.77. The van der Waals surface area contributed by atoms with E-state index in [2.05, 4.69) is 55.7 Å². The third kappa shape index (κ3) is 3.89. The predicted octanol–water partition coefficient (Wildman–Crippen LogP) is 5.24. The van der Waals surface area contributed by atoms with Crippen molar-refractivity contribution in [1.29, 1.82) is 0 Å². The highest BCUT2D eigenvalue weighted by Gasteiger charge is 2.60. The molecule has 1 saturated carbocycles. The number of rotatable bonds is 3. The largest absolute Gasteiger partial charge is 0.373 e. The van der Waals surface area contributed by atoms with Crippen LogP contribution in [-0.2, 0) is 9.53 Å². The first-order valence-corrected chi connectivity index (χ1v) is 12.2. The Morgan fingerprint density at radius 2 is 1.64 bits per heavy atom. The fourth-order valence-electron chi connectivity index (χ4n) is 7.10. The summed E-state index contributed by atoms with van der Waals surface area (Å²) in [5.41, 5.74) is 3.01. The Morgan fingerprint density at radius 3 is 2.27 bits per heavy atom. The number of benzene rings is 2. The Labute approximate surface area is 196 Å². The van der Waals surface area contributed by atoms with Gasteiger partial charge in [0.25, 0.3) is 0 Å². The summed E-state index contributed by atoms with van der Waals surface area (Å²) in [6.45, 7) is 9.18. The number of ether oxygens (including phenoxy) is 1. The van der Waals surface area contributed by atoms with E-state index in [9.17, 15) is 9.18 Å². The Bertz CT molecular complexity index is 1020. The quantitative estimate of drug-likeness (QED) is 0.672. The van der Waals surface area contributed by atoms with Crippen molar-refractivity contribution in [2.75, 3.05) is 6.61 Å². The molecule has 3 aliphatic rings. The first kappa shape index (κ1) is 22.5. The van der Waals surface area contributed by atoms with Crippen molar-refractivity contribution >= 4 is 5.91 Å². The van der Waals surface area contributed by atoms with Crippen molar-refractivity contribution in [2.45, 2.75) is 70.2 Å². The zero-order chi connectivity index (χ0) is 23.4. The molecule has 0 spiro atoms. The van der Waals surface area contributed by atoms with Crippen LogP contribution in [0, 0.1) is 23.6 Å². The highest BCUT2D eigenvalue weighted by molar-refractivity contribution is 5.74. The molecule has 6 atom stereocenters.